The predicted molar refractivity (Wildman–Crippen MR) is 81.0 cm³/mol. The number of rotatable bonds is 3. The van der Waals surface area contributed by atoms with Crippen LogP contribution in [-0.2, 0) is 6.42 Å². The summed E-state index contributed by atoms with van der Waals surface area (Å²) in [5.74, 6) is 1.89. The predicted octanol–water partition coefficient (Wildman–Crippen LogP) is 4.69. The van der Waals surface area contributed by atoms with Gasteiger partial charge in [-0.25, -0.2) is 4.98 Å². The number of fused-ring (bicyclic) bond motifs is 1. The molecule has 0 bridgehead atoms. The first-order chi connectivity index (χ1) is 8.71. The van der Waals surface area contributed by atoms with Gasteiger partial charge >= 0.3 is 0 Å². The molecule has 0 spiro atoms. The normalized spacial score (nSPS) is 18.5. The summed E-state index contributed by atoms with van der Waals surface area (Å²) in [4.78, 5) is 18.0. The molecular weight excluding hydrogens is 254 g/mol. The molecule has 19 heavy (non-hydrogen) atoms. The third kappa shape index (κ3) is 2.91. The second kappa shape index (κ2) is 5.01. The molecule has 1 aromatic rings. The standard InChI is InChI=1S/C16H25NOS/c1-9(2)13(10(3)4)15-17-11-7-16(5,6)8-12(18)14(11)19-15/h9-10,13H,7-8H2,1-6H3. The topological polar surface area (TPSA) is 30.0 Å². The molecule has 0 fully saturated rings. The van der Waals surface area contributed by atoms with Crippen molar-refractivity contribution in [3.05, 3.63) is 15.6 Å². The van der Waals surface area contributed by atoms with Crippen LogP contribution in [-0.4, -0.2) is 10.8 Å². The molecule has 3 heteroatoms. The molecule has 1 heterocycles. The maximum absolute atomic E-state index is 12.2. The van der Waals surface area contributed by atoms with Crippen LogP contribution >= 0.6 is 11.3 Å². The zero-order chi connectivity index (χ0) is 14.4. The summed E-state index contributed by atoms with van der Waals surface area (Å²) in [5, 5.41) is 1.17. The highest BCUT2D eigenvalue weighted by Crippen LogP contribution is 2.41. The average Bonchev–Trinajstić information content (AvgIpc) is 2.57. The van der Waals surface area contributed by atoms with E-state index in [1.165, 1.54) is 5.01 Å². The fraction of sp³-hybridized carbons (Fsp3) is 0.750. The van der Waals surface area contributed by atoms with Gasteiger partial charge in [-0.05, 0) is 23.7 Å². The van der Waals surface area contributed by atoms with E-state index in [9.17, 15) is 4.79 Å². The Morgan fingerprint density at radius 1 is 1.11 bits per heavy atom. The van der Waals surface area contributed by atoms with Crippen molar-refractivity contribution in [2.45, 2.75) is 60.3 Å². The average molecular weight is 279 g/mol. The van der Waals surface area contributed by atoms with E-state index >= 15 is 0 Å². The Kier molecular flexibility index (Phi) is 3.87. The summed E-state index contributed by atoms with van der Waals surface area (Å²) in [5.41, 5.74) is 1.12. The zero-order valence-electron chi connectivity index (χ0n) is 12.9. The number of carbonyl (C=O) groups is 1. The first-order valence-corrected chi connectivity index (χ1v) is 8.06. The Bertz CT molecular complexity index is 477. The van der Waals surface area contributed by atoms with Crippen LogP contribution in [0.4, 0.5) is 0 Å². The minimum absolute atomic E-state index is 0.0700. The van der Waals surface area contributed by atoms with Gasteiger partial charge in [0.1, 0.15) is 0 Å². The number of Topliss-reactive ketones (excluding diaryl/α,β-unsaturated/α-hetero) is 1. The third-order valence-corrected chi connectivity index (χ3v) is 5.21. The van der Waals surface area contributed by atoms with Gasteiger partial charge in [0, 0.05) is 12.3 Å². The van der Waals surface area contributed by atoms with Crippen LogP contribution in [0.2, 0.25) is 0 Å². The van der Waals surface area contributed by atoms with Gasteiger partial charge in [-0.1, -0.05) is 41.5 Å². The molecule has 0 radical (unpaired) electrons. The molecule has 2 rings (SSSR count). The SMILES string of the molecule is CC(C)C(c1nc2c(s1)C(=O)CC(C)(C)C2)C(C)C. The van der Waals surface area contributed by atoms with E-state index in [1.807, 2.05) is 0 Å². The fourth-order valence-electron chi connectivity index (χ4n) is 3.22. The Hall–Kier alpha value is -0.700. The van der Waals surface area contributed by atoms with Crippen LogP contribution in [0.25, 0.3) is 0 Å². The highest BCUT2D eigenvalue weighted by molar-refractivity contribution is 7.14. The van der Waals surface area contributed by atoms with Crippen molar-refractivity contribution in [2.75, 3.05) is 0 Å². The smallest absolute Gasteiger partial charge is 0.175 e. The molecule has 0 saturated heterocycles. The van der Waals surface area contributed by atoms with Gasteiger partial charge in [-0.3, -0.25) is 4.79 Å². The van der Waals surface area contributed by atoms with Crippen LogP contribution in [0.15, 0.2) is 0 Å². The minimum Gasteiger partial charge on any atom is -0.293 e. The first kappa shape index (κ1) is 14.7. The summed E-state index contributed by atoms with van der Waals surface area (Å²) in [6.07, 6.45) is 1.60. The van der Waals surface area contributed by atoms with Gasteiger partial charge in [0.05, 0.1) is 15.6 Å². The number of hydrogen-bond acceptors (Lipinski definition) is 3. The summed E-state index contributed by atoms with van der Waals surface area (Å²) < 4.78 is 0. The molecule has 0 aromatic carbocycles. The lowest BCUT2D eigenvalue weighted by atomic mass is 9.78. The number of aromatic nitrogens is 1. The van der Waals surface area contributed by atoms with Crippen molar-refractivity contribution < 1.29 is 4.79 Å². The number of carbonyl (C=O) groups excluding carboxylic acids is 1. The van der Waals surface area contributed by atoms with E-state index in [0.717, 1.165) is 17.0 Å². The molecular formula is C16H25NOS. The van der Waals surface area contributed by atoms with Gasteiger partial charge in [-0.2, -0.15) is 0 Å². The molecule has 0 aliphatic heterocycles. The van der Waals surface area contributed by atoms with E-state index < -0.39 is 0 Å². The maximum atomic E-state index is 12.2. The maximum Gasteiger partial charge on any atom is 0.175 e. The van der Waals surface area contributed by atoms with E-state index in [2.05, 4.69) is 41.5 Å². The van der Waals surface area contributed by atoms with E-state index in [-0.39, 0.29) is 5.41 Å². The van der Waals surface area contributed by atoms with Gasteiger partial charge in [0.15, 0.2) is 5.78 Å². The van der Waals surface area contributed by atoms with Crippen LogP contribution in [0.3, 0.4) is 0 Å². The zero-order valence-corrected chi connectivity index (χ0v) is 13.7. The van der Waals surface area contributed by atoms with Gasteiger partial charge in [0.2, 0.25) is 0 Å². The quantitative estimate of drug-likeness (QED) is 0.803. The molecule has 1 aliphatic rings. The van der Waals surface area contributed by atoms with Gasteiger partial charge in [-0.15, -0.1) is 11.3 Å². The molecule has 0 amide bonds. The van der Waals surface area contributed by atoms with Crippen LogP contribution in [0.5, 0.6) is 0 Å². The minimum atomic E-state index is 0.0700. The monoisotopic (exact) mass is 279 g/mol. The Labute approximate surface area is 120 Å². The Morgan fingerprint density at radius 3 is 2.21 bits per heavy atom. The second-order valence-electron chi connectivity index (χ2n) is 7.28. The van der Waals surface area contributed by atoms with Crippen molar-refractivity contribution in [2.24, 2.45) is 17.3 Å². The first-order valence-electron chi connectivity index (χ1n) is 7.24. The lowest BCUT2D eigenvalue weighted by molar-refractivity contribution is 0.0916. The largest absolute Gasteiger partial charge is 0.293 e. The van der Waals surface area contributed by atoms with Crippen molar-refractivity contribution in [3.63, 3.8) is 0 Å². The Balaban J connectivity index is 2.40. The lowest BCUT2D eigenvalue weighted by Crippen LogP contribution is -2.26. The number of nitrogens with zero attached hydrogens (tertiary/aromatic N) is 1. The summed E-state index contributed by atoms with van der Waals surface area (Å²) in [7, 11) is 0. The number of thiazole rings is 1. The van der Waals surface area contributed by atoms with Gasteiger partial charge < -0.3 is 0 Å². The molecule has 106 valence electrons. The summed E-state index contributed by atoms with van der Waals surface area (Å²) in [6.45, 7) is 13.3. The van der Waals surface area contributed by atoms with Crippen molar-refractivity contribution >= 4 is 17.1 Å². The third-order valence-electron chi connectivity index (χ3n) is 3.97. The van der Waals surface area contributed by atoms with Crippen molar-refractivity contribution in [1.29, 1.82) is 0 Å². The van der Waals surface area contributed by atoms with Crippen LogP contribution in [0.1, 0.15) is 74.3 Å². The lowest BCUT2D eigenvalue weighted by Gasteiger charge is -2.26. The van der Waals surface area contributed by atoms with Gasteiger partial charge in [0.25, 0.3) is 0 Å². The highest BCUT2D eigenvalue weighted by Gasteiger charge is 2.35. The second-order valence-corrected chi connectivity index (χ2v) is 8.31. The molecule has 0 N–H and O–H groups in total. The van der Waals surface area contributed by atoms with Crippen molar-refractivity contribution in [3.8, 4) is 0 Å². The molecule has 0 unspecified atom stereocenters. The molecule has 2 nitrogen and oxygen atoms in total. The van der Waals surface area contributed by atoms with E-state index in [4.69, 9.17) is 4.98 Å². The molecule has 1 aliphatic carbocycles. The molecule has 0 saturated carbocycles. The summed E-state index contributed by atoms with van der Waals surface area (Å²) in [6, 6.07) is 0. The fourth-order valence-corrected chi connectivity index (χ4v) is 4.69. The molecule has 0 atom stereocenters. The van der Waals surface area contributed by atoms with Crippen LogP contribution in [0, 0.1) is 17.3 Å². The van der Waals surface area contributed by atoms with E-state index in [1.54, 1.807) is 11.3 Å². The highest BCUT2D eigenvalue weighted by atomic mass is 32.1. The molecule has 1 aromatic heterocycles. The number of hydrogen-bond donors (Lipinski definition) is 0. The van der Waals surface area contributed by atoms with Crippen LogP contribution < -0.4 is 0 Å². The Morgan fingerprint density at radius 2 is 1.68 bits per heavy atom. The van der Waals surface area contributed by atoms with Crippen molar-refractivity contribution in [1.82, 2.24) is 4.98 Å². The summed E-state index contributed by atoms with van der Waals surface area (Å²) >= 11 is 1.65. The number of ketones is 1. The van der Waals surface area contributed by atoms with E-state index in [0.29, 0.717) is 30.0 Å².